The third-order valence-corrected chi connectivity index (χ3v) is 4.76. The van der Waals surface area contributed by atoms with Crippen LogP contribution in [0.25, 0.3) is 11.1 Å². The Morgan fingerprint density at radius 1 is 1.17 bits per heavy atom. The third kappa shape index (κ3) is 3.27. The summed E-state index contributed by atoms with van der Waals surface area (Å²) >= 11 is 0. The van der Waals surface area contributed by atoms with Crippen molar-refractivity contribution in [3.05, 3.63) is 24.1 Å². The Balaban J connectivity index is 1.34. The van der Waals surface area contributed by atoms with Gasteiger partial charge in [-0.15, -0.1) is 0 Å². The number of hydrogen-bond donors (Lipinski definition) is 2. The monoisotopic (exact) mass is 327 g/mol. The number of hydrogen-bond acceptors (Lipinski definition) is 4. The summed E-state index contributed by atoms with van der Waals surface area (Å²) in [6, 6.07) is 5.42. The molecule has 2 amide bonds. The van der Waals surface area contributed by atoms with E-state index in [4.69, 9.17) is 4.42 Å². The van der Waals surface area contributed by atoms with Crippen molar-refractivity contribution in [2.75, 3.05) is 11.9 Å². The highest BCUT2D eigenvalue weighted by Gasteiger charge is 2.29. The van der Waals surface area contributed by atoms with E-state index in [0.29, 0.717) is 11.6 Å². The van der Waals surface area contributed by atoms with E-state index in [1.807, 2.05) is 6.07 Å². The molecule has 2 N–H and O–H groups in total. The number of carbonyl (C=O) groups excluding carboxylic acids is 2. The quantitative estimate of drug-likeness (QED) is 0.884. The summed E-state index contributed by atoms with van der Waals surface area (Å²) in [5.74, 6) is 1.08. The number of nitrogens with one attached hydrogen (secondary N) is 2. The number of anilines is 1. The predicted molar refractivity (Wildman–Crippen MR) is 89.6 cm³/mol. The van der Waals surface area contributed by atoms with Gasteiger partial charge in [-0.25, -0.2) is 4.98 Å². The van der Waals surface area contributed by atoms with Gasteiger partial charge in [0.05, 0.1) is 6.54 Å². The Morgan fingerprint density at radius 2 is 1.96 bits per heavy atom. The van der Waals surface area contributed by atoms with Crippen LogP contribution in [0.4, 0.5) is 5.69 Å². The number of nitrogens with zero attached hydrogens (tertiary/aromatic N) is 1. The zero-order valence-electron chi connectivity index (χ0n) is 13.5. The highest BCUT2D eigenvalue weighted by Crippen LogP contribution is 2.40. The molecule has 0 saturated heterocycles. The molecule has 1 aromatic carbocycles. The average molecular weight is 327 g/mol. The Bertz CT molecular complexity index is 773. The molecule has 126 valence electrons. The molecule has 1 aromatic heterocycles. The van der Waals surface area contributed by atoms with Crippen LogP contribution in [0.1, 0.15) is 50.3 Å². The normalized spacial score (nSPS) is 18.0. The number of rotatable bonds is 5. The third-order valence-electron chi connectivity index (χ3n) is 4.76. The standard InChI is InChI=1S/C18H21N3O3/c22-16(10-19-17(23)11-3-1-2-4-11)20-13-7-8-15-14(9-13)21-18(24-15)12-5-6-12/h7-9,11-12H,1-6,10H2,(H,19,23)(H,20,22). The van der Waals surface area contributed by atoms with E-state index in [9.17, 15) is 9.59 Å². The highest BCUT2D eigenvalue weighted by molar-refractivity contribution is 5.96. The summed E-state index contributed by atoms with van der Waals surface area (Å²) in [6.45, 7) is -0.000486. The van der Waals surface area contributed by atoms with Gasteiger partial charge in [-0.05, 0) is 43.9 Å². The molecule has 2 fully saturated rings. The van der Waals surface area contributed by atoms with Gasteiger partial charge in [0.15, 0.2) is 11.5 Å². The molecular formula is C18H21N3O3. The lowest BCUT2D eigenvalue weighted by molar-refractivity contribution is -0.127. The Hall–Kier alpha value is -2.37. The van der Waals surface area contributed by atoms with Crippen molar-refractivity contribution >= 4 is 28.6 Å². The number of carbonyl (C=O) groups is 2. The van der Waals surface area contributed by atoms with Crippen LogP contribution in [-0.4, -0.2) is 23.3 Å². The van der Waals surface area contributed by atoms with Crippen molar-refractivity contribution in [1.82, 2.24) is 10.3 Å². The van der Waals surface area contributed by atoms with Crippen LogP contribution in [0.15, 0.2) is 22.6 Å². The van der Waals surface area contributed by atoms with Gasteiger partial charge in [0.25, 0.3) is 0 Å². The lowest BCUT2D eigenvalue weighted by Gasteiger charge is -2.10. The molecule has 4 rings (SSSR count). The molecule has 0 aliphatic heterocycles. The summed E-state index contributed by atoms with van der Waals surface area (Å²) in [7, 11) is 0. The van der Waals surface area contributed by atoms with Gasteiger partial charge < -0.3 is 15.1 Å². The van der Waals surface area contributed by atoms with Crippen molar-refractivity contribution in [2.24, 2.45) is 5.92 Å². The van der Waals surface area contributed by atoms with Crippen molar-refractivity contribution in [1.29, 1.82) is 0 Å². The number of oxazole rings is 1. The van der Waals surface area contributed by atoms with Crippen LogP contribution in [0, 0.1) is 5.92 Å². The lowest BCUT2D eigenvalue weighted by atomic mass is 10.1. The van der Waals surface area contributed by atoms with Crippen LogP contribution in [-0.2, 0) is 9.59 Å². The smallest absolute Gasteiger partial charge is 0.243 e. The maximum atomic E-state index is 12.0. The second-order valence-electron chi connectivity index (χ2n) is 6.76. The summed E-state index contributed by atoms with van der Waals surface area (Å²) in [5, 5.41) is 5.52. The zero-order chi connectivity index (χ0) is 16.5. The summed E-state index contributed by atoms with van der Waals surface area (Å²) < 4.78 is 5.71. The maximum absolute atomic E-state index is 12.0. The van der Waals surface area contributed by atoms with E-state index in [1.54, 1.807) is 12.1 Å². The van der Waals surface area contributed by atoms with Crippen molar-refractivity contribution < 1.29 is 14.0 Å². The first-order valence-corrected chi connectivity index (χ1v) is 8.67. The molecule has 6 heteroatoms. The molecule has 0 unspecified atom stereocenters. The van der Waals surface area contributed by atoms with Gasteiger partial charge in [-0.2, -0.15) is 0 Å². The number of amides is 2. The molecule has 6 nitrogen and oxygen atoms in total. The highest BCUT2D eigenvalue weighted by atomic mass is 16.3. The van der Waals surface area contributed by atoms with E-state index in [0.717, 1.165) is 55.5 Å². The molecule has 2 aliphatic rings. The average Bonchev–Trinajstić information content (AvgIpc) is 3.11. The van der Waals surface area contributed by atoms with Crippen molar-refractivity contribution in [3.8, 4) is 0 Å². The van der Waals surface area contributed by atoms with Crippen LogP contribution in [0.2, 0.25) is 0 Å². The predicted octanol–water partition coefficient (Wildman–Crippen LogP) is 2.95. The fourth-order valence-electron chi connectivity index (χ4n) is 3.23. The molecule has 0 spiro atoms. The fourth-order valence-corrected chi connectivity index (χ4v) is 3.23. The fraction of sp³-hybridized carbons (Fsp3) is 0.500. The van der Waals surface area contributed by atoms with Gasteiger partial charge in [0, 0.05) is 17.5 Å². The van der Waals surface area contributed by atoms with E-state index in [1.165, 1.54) is 0 Å². The molecular weight excluding hydrogens is 306 g/mol. The molecule has 2 aromatic rings. The Kier molecular flexibility index (Phi) is 3.96. The summed E-state index contributed by atoms with van der Waals surface area (Å²) in [5.41, 5.74) is 2.16. The molecule has 0 radical (unpaired) electrons. The maximum Gasteiger partial charge on any atom is 0.243 e. The number of benzene rings is 1. The Labute approximate surface area is 140 Å². The topological polar surface area (TPSA) is 84.2 Å². The molecule has 24 heavy (non-hydrogen) atoms. The Morgan fingerprint density at radius 3 is 2.71 bits per heavy atom. The van der Waals surface area contributed by atoms with Crippen molar-refractivity contribution in [2.45, 2.75) is 44.4 Å². The second-order valence-corrected chi connectivity index (χ2v) is 6.76. The lowest BCUT2D eigenvalue weighted by Crippen LogP contribution is -2.36. The first kappa shape index (κ1) is 15.2. The molecule has 2 aliphatic carbocycles. The van der Waals surface area contributed by atoms with Crippen molar-refractivity contribution in [3.63, 3.8) is 0 Å². The first-order valence-electron chi connectivity index (χ1n) is 8.67. The largest absolute Gasteiger partial charge is 0.440 e. The molecule has 0 atom stereocenters. The summed E-state index contributed by atoms with van der Waals surface area (Å²) in [6.07, 6.45) is 6.34. The first-order chi connectivity index (χ1) is 11.7. The summed E-state index contributed by atoms with van der Waals surface area (Å²) in [4.78, 5) is 28.4. The molecule has 0 bridgehead atoms. The number of aromatic nitrogens is 1. The van der Waals surface area contributed by atoms with Crippen LogP contribution in [0.5, 0.6) is 0 Å². The minimum absolute atomic E-state index is 0.000486. The number of fused-ring (bicyclic) bond motifs is 1. The molecule has 2 saturated carbocycles. The van der Waals surface area contributed by atoms with Gasteiger partial charge in [0.2, 0.25) is 11.8 Å². The van der Waals surface area contributed by atoms with Crippen LogP contribution >= 0.6 is 0 Å². The van der Waals surface area contributed by atoms with E-state index in [-0.39, 0.29) is 24.3 Å². The van der Waals surface area contributed by atoms with Crippen LogP contribution < -0.4 is 10.6 Å². The van der Waals surface area contributed by atoms with Gasteiger partial charge in [-0.1, -0.05) is 12.8 Å². The van der Waals surface area contributed by atoms with Gasteiger partial charge in [0.1, 0.15) is 5.52 Å². The second kappa shape index (κ2) is 6.26. The molecule has 1 heterocycles. The minimum atomic E-state index is -0.230. The van der Waals surface area contributed by atoms with Crippen LogP contribution in [0.3, 0.4) is 0 Å². The minimum Gasteiger partial charge on any atom is -0.440 e. The van der Waals surface area contributed by atoms with Gasteiger partial charge in [-0.3, -0.25) is 9.59 Å². The van der Waals surface area contributed by atoms with E-state index in [2.05, 4.69) is 15.6 Å². The SMILES string of the molecule is O=C(CNC(=O)C1CCCC1)Nc1ccc2oc(C3CC3)nc2c1. The van der Waals surface area contributed by atoms with E-state index >= 15 is 0 Å². The van der Waals surface area contributed by atoms with E-state index < -0.39 is 0 Å². The zero-order valence-corrected chi connectivity index (χ0v) is 13.5. The van der Waals surface area contributed by atoms with Gasteiger partial charge >= 0.3 is 0 Å².